The number of hydrogen-bond acceptors (Lipinski definition) is 0. The van der Waals surface area contributed by atoms with Crippen LogP contribution in [0.5, 0.6) is 0 Å². The summed E-state index contributed by atoms with van der Waals surface area (Å²) in [5.74, 6) is 2.42. The monoisotopic (exact) mass is 200 g/mol. The highest BCUT2D eigenvalue weighted by Crippen LogP contribution is 2.31. The molecule has 0 amide bonds. The molecule has 0 aliphatic carbocycles. The van der Waals surface area contributed by atoms with E-state index in [0.29, 0.717) is 0 Å². The van der Waals surface area contributed by atoms with Crippen molar-refractivity contribution in [1.82, 2.24) is 0 Å². The van der Waals surface area contributed by atoms with E-state index in [0.717, 1.165) is 0 Å². The summed E-state index contributed by atoms with van der Waals surface area (Å²) < 4.78 is 0. The maximum atomic E-state index is 2.95. The van der Waals surface area contributed by atoms with E-state index < -0.39 is 0 Å². The topological polar surface area (TPSA) is 0 Å². The molecule has 0 N–H and O–H groups in total. The van der Waals surface area contributed by atoms with Gasteiger partial charge in [0, 0.05) is 0 Å². The average Bonchev–Trinajstić information content (AvgIpc) is 2.38. The van der Waals surface area contributed by atoms with Crippen LogP contribution in [0.1, 0.15) is 32.3 Å². The smallest absolute Gasteiger partial charge is 0.00780 e. The molecule has 12 heavy (non-hydrogen) atoms. The van der Waals surface area contributed by atoms with E-state index in [2.05, 4.69) is 35.0 Å². The largest absolute Gasteiger partial charge is 0.117 e. The number of hydrogen-bond donors (Lipinski definition) is 0. The Morgan fingerprint density at radius 2 is 2.08 bits per heavy atom. The molecule has 0 bridgehead atoms. The van der Waals surface area contributed by atoms with Gasteiger partial charge in [0.2, 0.25) is 0 Å². The fourth-order valence-electron chi connectivity index (χ4n) is 1.45. The average molecular weight is 200 g/mol. The van der Waals surface area contributed by atoms with Crippen molar-refractivity contribution >= 4 is 21.8 Å². The lowest BCUT2D eigenvalue weighted by atomic mass is 10.2. The summed E-state index contributed by atoms with van der Waals surface area (Å²) >= 11 is 0. The Bertz CT molecular complexity index is 214. The normalized spacial score (nSPS) is 12.1. The van der Waals surface area contributed by atoms with Crippen molar-refractivity contribution < 1.29 is 0 Å². The van der Waals surface area contributed by atoms with Crippen LogP contribution < -0.4 is 5.04 Å². The van der Waals surface area contributed by atoms with Gasteiger partial charge in [0.05, 0.1) is 0 Å². The molecule has 0 aliphatic heterocycles. The van der Waals surface area contributed by atoms with Crippen molar-refractivity contribution in [2.75, 3.05) is 0 Å². The first-order chi connectivity index (χ1) is 5.79. The van der Waals surface area contributed by atoms with Gasteiger partial charge in [0.1, 0.15) is 0 Å². The number of rotatable bonds is 4. The maximum Gasteiger partial charge on any atom is -0.00780 e. The van der Waals surface area contributed by atoms with Gasteiger partial charge in [-0.05, 0) is 35.4 Å². The minimum absolute atomic E-state index is 0.105. The molecule has 0 saturated carbocycles. The van der Waals surface area contributed by atoms with E-state index in [-0.39, 0.29) is 7.53 Å². The molecule has 2 heteroatoms. The lowest BCUT2D eigenvalue weighted by Gasteiger charge is -2.00. The quantitative estimate of drug-likeness (QED) is 0.652. The molecule has 0 fully saturated rings. The SMILES string of the molecule is CCCc1ccp(CCC)c1P. The molecule has 1 aromatic rings. The van der Waals surface area contributed by atoms with Crippen LogP contribution in [0, 0.1) is 0 Å². The summed E-state index contributed by atoms with van der Waals surface area (Å²) in [7, 11) is 3.05. The van der Waals surface area contributed by atoms with E-state index in [1.54, 1.807) is 10.6 Å². The summed E-state index contributed by atoms with van der Waals surface area (Å²) in [5.41, 5.74) is 1.59. The summed E-state index contributed by atoms with van der Waals surface area (Å²) in [4.78, 5) is 0. The van der Waals surface area contributed by atoms with Crippen LogP contribution in [0.3, 0.4) is 0 Å². The van der Waals surface area contributed by atoms with E-state index in [1.807, 2.05) is 0 Å². The molecule has 0 aliphatic rings. The zero-order chi connectivity index (χ0) is 8.97. The van der Waals surface area contributed by atoms with Crippen molar-refractivity contribution in [3.8, 4) is 0 Å². The van der Waals surface area contributed by atoms with Crippen molar-refractivity contribution in [2.45, 2.75) is 39.3 Å². The zero-order valence-corrected chi connectivity index (χ0v) is 10.1. The second kappa shape index (κ2) is 5.05. The second-order valence-corrected chi connectivity index (χ2v) is 6.40. The van der Waals surface area contributed by atoms with E-state index >= 15 is 0 Å². The van der Waals surface area contributed by atoms with Gasteiger partial charge in [-0.25, -0.2) is 0 Å². The zero-order valence-electron chi connectivity index (χ0n) is 8.01. The van der Waals surface area contributed by atoms with Gasteiger partial charge in [0.25, 0.3) is 0 Å². The Morgan fingerprint density at radius 3 is 2.67 bits per heavy atom. The highest BCUT2D eigenvalue weighted by atomic mass is 31.1. The summed E-state index contributed by atoms with van der Waals surface area (Å²) in [6.07, 6.45) is 5.22. The van der Waals surface area contributed by atoms with E-state index in [1.165, 1.54) is 25.4 Å². The van der Waals surface area contributed by atoms with Gasteiger partial charge in [-0.1, -0.05) is 26.3 Å². The minimum atomic E-state index is 0.105. The minimum Gasteiger partial charge on any atom is -0.117 e. The highest BCUT2D eigenvalue weighted by Gasteiger charge is 2.03. The van der Waals surface area contributed by atoms with Crippen LogP contribution in [-0.4, -0.2) is 0 Å². The van der Waals surface area contributed by atoms with Gasteiger partial charge in [-0.15, -0.1) is 16.8 Å². The molecule has 2 atom stereocenters. The molecule has 0 nitrogen and oxygen atoms in total. The van der Waals surface area contributed by atoms with Gasteiger partial charge >= 0.3 is 0 Å². The van der Waals surface area contributed by atoms with E-state index in [4.69, 9.17) is 0 Å². The Hall–Kier alpha value is 0.210. The lowest BCUT2D eigenvalue weighted by Crippen LogP contribution is -1.93. The summed E-state index contributed by atoms with van der Waals surface area (Å²) in [5, 5.41) is 1.61. The molecule has 0 radical (unpaired) electrons. The maximum absolute atomic E-state index is 2.95. The van der Waals surface area contributed by atoms with Crippen molar-refractivity contribution in [2.24, 2.45) is 0 Å². The summed E-state index contributed by atoms with van der Waals surface area (Å²) in [6.45, 7) is 4.52. The number of aryl methyl sites for hydroxylation is 2. The Morgan fingerprint density at radius 1 is 1.33 bits per heavy atom. The Labute approximate surface area is 79.0 Å². The first-order valence-electron chi connectivity index (χ1n) is 4.73. The van der Waals surface area contributed by atoms with Gasteiger partial charge in [-0.3, -0.25) is 0 Å². The molecule has 68 valence electrons. The molecule has 0 saturated heterocycles. The van der Waals surface area contributed by atoms with Crippen LogP contribution >= 0.6 is 16.8 Å². The molecular formula is C10H18P2. The highest BCUT2D eigenvalue weighted by molar-refractivity contribution is 7.63. The fourth-order valence-corrected chi connectivity index (χ4v) is 4.28. The first-order valence-corrected chi connectivity index (χ1v) is 6.90. The standard InChI is InChI=1S/C10H18P2/c1-3-5-9-6-8-12(7-4-2)10(9)11/h6,8H,3-5,7,11H2,1-2H3. The third kappa shape index (κ3) is 2.35. The van der Waals surface area contributed by atoms with Crippen LogP contribution in [0.25, 0.3) is 0 Å². The Kier molecular flexibility index (Phi) is 4.33. The predicted octanol–water partition coefficient (Wildman–Crippen LogP) is 3.54. The van der Waals surface area contributed by atoms with Crippen LogP contribution in [0.4, 0.5) is 0 Å². The van der Waals surface area contributed by atoms with Gasteiger partial charge < -0.3 is 0 Å². The summed E-state index contributed by atoms with van der Waals surface area (Å²) in [6, 6.07) is 2.34. The molecular weight excluding hydrogens is 182 g/mol. The molecule has 1 aromatic heterocycles. The third-order valence-corrected chi connectivity index (χ3v) is 5.79. The molecule has 1 rings (SSSR count). The molecule has 1 heterocycles. The molecule has 0 aromatic carbocycles. The Balaban J connectivity index is 2.74. The van der Waals surface area contributed by atoms with Crippen molar-refractivity contribution in [1.29, 1.82) is 0 Å². The van der Waals surface area contributed by atoms with Gasteiger partial charge in [0.15, 0.2) is 0 Å². The predicted molar refractivity (Wildman–Crippen MR) is 62.8 cm³/mol. The van der Waals surface area contributed by atoms with Crippen LogP contribution in [-0.2, 0) is 12.6 Å². The van der Waals surface area contributed by atoms with Crippen LogP contribution in [0.2, 0.25) is 0 Å². The van der Waals surface area contributed by atoms with E-state index in [9.17, 15) is 0 Å². The third-order valence-electron chi connectivity index (χ3n) is 2.08. The van der Waals surface area contributed by atoms with Crippen LogP contribution in [0.15, 0.2) is 11.9 Å². The van der Waals surface area contributed by atoms with Crippen molar-refractivity contribution in [3.05, 3.63) is 17.4 Å². The van der Waals surface area contributed by atoms with Gasteiger partial charge in [-0.2, -0.15) is 0 Å². The van der Waals surface area contributed by atoms with Crippen molar-refractivity contribution in [3.63, 3.8) is 0 Å². The lowest BCUT2D eigenvalue weighted by molar-refractivity contribution is 0.931. The second-order valence-electron chi connectivity index (χ2n) is 3.17. The molecule has 0 spiro atoms. The first kappa shape index (κ1) is 10.3. The fraction of sp³-hybridized carbons (Fsp3) is 0.600. The molecule has 2 unspecified atom stereocenters.